The number of fused-ring (bicyclic) bond motifs is 1. The van der Waals surface area contributed by atoms with E-state index < -0.39 is 6.10 Å². The molecule has 2 aromatic heterocycles. The van der Waals surface area contributed by atoms with Crippen molar-refractivity contribution in [2.24, 2.45) is 0 Å². The molecule has 172 valence electrons. The number of nitrogens with one attached hydrogen (secondary N) is 1. The minimum absolute atomic E-state index is 0.0786. The van der Waals surface area contributed by atoms with Gasteiger partial charge in [-0.3, -0.25) is 19.6 Å². The predicted octanol–water partition coefficient (Wildman–Crippen LogP) is 2.06. The molecule has 1 aromatic carbocycles. The van der Waals surface area contributed by atoms with Crippen molar-refractivity contribution in [3.8, 4) is 0 Å². The van der Waals surface area contributed by atoms with Crippen molar-refractivity contribution in [2.45, 2.75) is 56.7 Å². The van der Waals surface area contributed by atoms with Crippen molar-refractivity contribution in [3.63, 3.8) is 0 Å². The van der Waals surface area contributed by atoms with E-state index in [0.717, 1.165) is 44.2 Å². The molecule has 1 aliphatic carbocycles. The van der Waals surface area contributed by atoms with E-state index in [9.17, 15) is 14.7 Å². The number of anilines is 1. The maximum absolute atomic E-state index is 12.8. The number of nitrogens with zero attached hydrogens (tertiary/aromatic N) is 5. The van der Waals surface area contributed by atoms with E-state index in [0.29, 0.717) is 29.9 Å². The number of piperidine rings is 1. The molecule has 0 bridgehead atoms. The Hall–Kier alpha value is -3.33. The molecule has 3 heterocycles. The van der Waals surface area contributed by atoms with Gasteiger partial charge in [-0.15, -0.1) is 0 Å². The van der Waals surface area contributed by atoms with E-state index in [-0.39, 0.29) is 23.6 Å². The van der Waals surface area contributed by atoms with E-state index in [1.54, 1.807) is 36.7 Å². The van der Waals surface area contributed by atoms with Gasteiger partial charge in [0.2, 0.25) is 0 Å². The van der Waals surface area contributed by atoms with E-state index in [1.165, 1.54) is 10.7 Å². The molecule has 1 saturated carbocycles. The van der Waals surface area contributed by atoms with E-state index >= 15 is 0 Å². The second kappa shape index (κ2) is 9.27. The zero-order chi connectivity index (χ0) is 22.8. The quantitative estimate of drug-likeness (QED) is 0.614. The number of hydrogen-bond donors (Lipinski definition) is 2. The molecule has 2 fully saturated rings. The van der Waals surface area contributed by atoms with Crippen LogP contribution in [-0.2, 0) is 0 Å². The van der Waals surface area contributed by atoms with Crippen LogP contribution in [0.15, 0.2) is 47.5 Å². The molecular weight excluding hydrogens is 420 g/mol. The van der Waals surface area contributed by atoms with Crippen LogP contribution in [0.25, 0.3) is 11.0 Å². The summed E-state index contributed by atoms with van der Waals surface area (Å²) >= 11 is 0. The standard InChI is InChI=1S/C24H28N6O3/c31-21-6-3-5-20(21)30-23(32)10-9-22(28-30)29-13-2-1-4-17(29)15-27-24(33)16-7-8-18-19(14-16)26-12-11-25-18/h7-12,14,17,20-21,31H,1-6,13,15H2,(H,27,33). The summed E-state index contributed by atoms with van der Waals surface area (Å²) in [5.41, 5.74) is 1.80. The monoisotopic (exact) mass is 448 g/mol. The maximum Gasteiger partial charge on any atom is 0.267 e. The van der Waals surface area contributed by atoms with Crippen LogP contribution >= 0.6 is 0 Å². The minimum atomic E-state index is -0.534. The lowest BCUT2D eigenvalue weighted by molar-refractivity contribution is 0.0949. The van der Waals surface area contributed by atoms with Crippen molar-refractivity contribution in [3.05, 3.63) is 58.6 Å². The Labute approximate surface area is 191 Å². The lowest BCUT2D eigenvalue weighted by Crippen LogP contribution is -2.48. The van der Waals surface area contributed by atoms with Gasteiger partial charge in [0, 0.05) is 43.2 Å². The second-order valence-corrected chi connectivity index (χ2v) is 8.85. The highest BCUT2D eigenvalue weighted by atomic mass is 16.3. The first kappa shape index (κ1) is 21.5. The summed E-state index contributed by atoms with van der Waals surface area (Å²) < 4.78 is 1.45. The number of amides is 1. The Morgan fingerprint density at radius 1 is 1.03 bits per heavy atom. The van der Waals surface area contributed by atoms with Crippen LogP contribution in [0.4, 0.5) is 5.82 Å². The first-order valence-corrected chi connectivity index (χ1v) is 11.6. The van der Waals surface area contributed by atoms with Gasteiger partial charge in [-0.25, -0.2) is 4.68 Å². The highest BCUT2D eigenvalue weighted by Gasteiger charge is 2.30. The lowest BCUT2D eigenvalue weighted by atomic mass is 10.0. The summed E-state index contributed by atoms with van der Waals surface area (Å²) in [6, 6.07) is 8.41. The molecule has 5 rings (SSSR count). The van der Waals surface area contributed by atoms with Crippen molar-refractivity contribution in [1.29, 1.82) is 0 Å². The van der Waals surface area contributed by atoms with Crippen molar-refractivity contribution in [1.82, 2.24) is 25.1 Å². The summed E-state index contributed by atoms with van der Waals surface area (Å²) in [5, 5.41) is 18.0. The smallest absolute Gasteiger partial charge is 0.267 e. The van der Waals surface area contributed by atoms with Crippen LogP contribution in [-0.4, -0.2) is 56.0 Å². The van der Waals surface area contributed by atoms with Crippen molar-refractivity contribution in [2.75, 3.05) is 18.0 Å². The number of rotatable bonds is 5. The number of carbonyl (C=O) groups is 1. The summed E-state index contributed by atoms with van der Waals surface area (Å²) in [7, 11) is 0. The van der Waals surface area contributed by atoms with E-state index in [2.05, 4.69) is 25.3 Å². The SMILES string of the molecule is O=C(NCC1CCCCN1c1ccc(=O)n(C2CCCC2O)n1)c1ccc2nccnc2c1. The average molecular weight is 449 g/mol. The van der Waals surface area contributed by atoms with Crippen LogP contribution in [0.1, 0.15) is 54.9 Å². The van der Waals surface area contributed by atoms with Gasteiger partial charge in [-0.1, -0.05) is 0 Å². The molecule has 1 aliphatic heterocycles. The molecule has 3 unspecified atom stereocenters. The summed E-state index contributed by atoms with van der Waals surface area (Å²) in [6.07, 6.45) is 8.08. The van der Waals surface area contributed by atoms with Crippen LogP contribution in [0.3, 0.4) is 0 Å². The normalized spacial score (nSPS) is 23.1. The molecule has 3 atom stereocenters. The Bertz CT molecular complexity index is 1210. The van der Waals surface area contributed by atoms with Gasteiger partial charge in [0.1, 0.15) is 5.82 Å². The fourth-order valence-corrected chi connectivity index (χ4v) is 4.94. The Morgan fingerprint density at radius 3 is 2.70 bits per heavy atom. The first-order chi connectivity index (χ1) is 16.1. The number of hydrogen-bond acceptors (Lipinski definition) is 7. The Morgan fingerprint density at radius 2 is 1.88 bits per heavy atom. The third-order valence-electron chi connectivity index (χ3n) is 6.72. The lowest BCUT2D eigenvalue weighted by Gasteiger charge is -2.37. The molecule has 1 amide bonds. The van der Waals surface area contributed by atoms with Gasteiger partial charge in [0.05, 0.1) is 23.2 Å². The zero-order valence-electron chi connectivity index (χ0n) is 18.4. The fraction of sp³-hybridized carbons (Fsp3) is 0.458. The Kier molecular flexibility index (Phi) is 6.04. The van der Waals surface area contributed by atoms with Crippen molar-refractivity contribution < 1.29 is 9.90 Å². The average Bonchev–Trinajstić information content (AvgIpc) is 3.28. The highest BCUT2D eigenvalue weighted by molar-refractivity contribution is 5.97. The Balaban J connectivity index is 1.31. The number of aliphatic hydroxyl groups is 1. The number of aromatic nitrogens is 4. The molecule has 2 aliphatic rings. The summed E-state index contributed by atoms with van der Waals surface area (Å²) in [6.45, 7) is 1.29. The maximum atomic E-state index is 12.8. The van der Waals surface area contributed by atoms with Crippen LogP contribution < -0.4 is 15.8 Å². The first-order valence-electron chi connectivity index (χ1n) is 11.6. The minimum Gasteiger partial charge on any atom is -0.391 e. The van der Waals surface area contributed by atoms with Gasteiger partial charge < -0.3 is 15.3 Å². The molecule has 9 nitrogen and oxygen atoms in total. The van der Waals surface area contributed by atoms with Crippen LogP contribution in [0.2, 0.25) is 0 Å². The van der Waals surface area contributed by atoms with Crippen LogP contribution in [0.5, 0.6) is 0 Å². The predicted molar refractivity (Wildman–Crippen MR) is 124 cm³/mol. The fourth-order valence-electron chi connectivity index (χ4n) is 4.94. The van der Waals surface area contributed by atoms with Crippen LogP contribution in [0, 0.1) is 0 Å². The van der Waals surface area contributed by atoms with E-state index in [4.69, 9.17) is 0 Å². The second-order valence-electron chi connectivity index (χ2n) is 8.85. The molecule has 0 spiro atoms. The van der Waals surface area contributed by atoms with Gasteiger partial charge in [0.25, 0.3) is 11.5 Å². The number of carbonyl (C=O) groups excluding carboxylic acids is 1. The summed E-state index contributed by atoms with van der Waals surface area (Å²) in [5.74, 6) is 0.564. The number of aliphatic hydroxyl groups excluding tert-OH is 1. The zero-order valence-corrected chi connectivity index (χ0v) is 18.4. The van der Waals surface area contributed by atoms with E-state index in [1.807, 2.05) is 0 Å². The number of benzene rings is 1. The third kappa shape index (κ3) is 4.45. The van der Waals surface area contributed by atoms with Gasteiger partial charge >= 0.3 is 0 Å². The summed E-state index contributed by atoms with van der Waals surface area (Å²) in [4.78, 5) is 35.9. The third-order valence-corrected chi connectivity index (χ3v) is 6.72. The van der Waals surface area contributed by atoms with Gasteiger partial charge in [0.15, 0.2) is 0 Å². The molecule has 3 aromatic rings. The topological polar surface area (TPSA) is 113 Å². The molecule has 2 N–H and O–H groups in total. The van der Waals surface area contributed by atoms with Gasteiger partial charge in [-0.2, -0.15) is 5.10 Å². The molecule has 9 heteroatoms. The highest BCUT2D eigenvalue weighted by Crippen LogP contribution is 2.29. The molecule has 1 saturated heterocycles. The molecule has 0 radical (unpaired) electrons. The molecule has 33 heavy (non-hydrogen) atoms. The van der Waals surface area contributed by atoms with Gasteiger partial charge in [-0.05, 0) is 62.8 Å². The van der Waals surface area contributed by atoms with Crippen molar-refractivity contribution >= 4 is 22.8 Å². The largest absolute Gasteiger partial charge is 0.391 e. The molecular formula is C24H28N6O3.